The first-order chi connectivity index (χ1) is 10.6. The average molecular weight is 299 g/mol. The lowest BCUT2D eigenvalue weighted by Gasteiger charge is -2.38. The maximum atomic E-state index is 5.97. The molecule has 1 aromatic heterocycles. The Bertz CT molecular complexity index is 662. The van der Waals surface area contributed by atoms with Crippen LogP contribution < -0.4 is 15.8 Å². The van der Waals surface area contributed by atoms with Crippen molar-refractivity contribution < 1.29 is 9.47 Å². The topological polar surface area (TPSA) is 69.4 Å². The molecule has 1 fully saturated rings. The summed E-state index contributed by atoms with van der Waals surface area (Å²) in [5.74, 6) is 0.742. The number of nitrogens with two attached hydrogens (primary N) is 1. The number of aromatic nitrogens is 1. The fourth-order valence-corrected chi connectivity index (χ4v) is 2.76. The molecular weight excluding hydrogens is 278 g/mol. The fraction of sp³-hybridized carbons (Fsp3) is 0.353. The zero-order valence-corrected chi connectivity index (χ0v) is 12.9. The first-order valence-electron chi connectivity index (χ1n) is 7.35. The van der Waals surface area contributed by atoms with E-state index in [9.17, 15) is 0 Å². The van der Waals surface area contributed by atoms with Crippen LogP contribution in [-0.2, 0) is 10.3 Å². The Labute approximate surface area is 130 Å². The van der Waals surface area contributed by atoms with Crippen molar-refractivity contribution in [3.8, 4) is 16.9 Å². The molecule has 2 atom stereocenters. The Morgan fingerprint density at radius 3 is 2.95 bits per heavy atom. The number of ether oxygens (including phenoxy) is 2. The summed E-state index contributed by atoms with van der Waals surface area (Å²) in [6, 6.07) is 10.2. The monoisotopic (exact) mass is 299 g/mol. The third-order valence-corrected chi connectivity index (χ3v) is 3.97. The van der Waals surface area contributed by atoms with Crippen LogP contribution in [0.4, 0.5) is 0 Å². The van der Waals surface area contributed by atoms with Gasteiger partial charge in [0.2, 0.25) is 0 Å². The molecule has 0 aliphatic carbocycles. The number of nitrogens with one attached hydrogen (secondary N) is 1. The molecular formula is C17H21N3O2. The summed E-state index contributed by atoms with van der Waals surface area (Å²) >= 11 is 0. The van der Waals surface area contributed by atoms with Crippen molar-refractivity contribution in [2.24, 2.45) is 5.73 Å². The van der Waals surface area contributed by atoms with Crippen LogP contribution in [-0.4, -0.2) is 31.4 Å². The minimum atomic E-state index is -0.431. The van der Waals surface area contributed by atoms with Gasteiger partial charge >= 0.3 is 0 Å². The summed E-state index contributed by atoms with van der Waals surface area (Å²) in [7, 11) is 1.64. The van der Waals surface area contributed by atoms with Crippen molar-refractivity contribution in [1.29, 1.82) is 0 Å². The standard InChI is InChI=1S/C17H21N3O2/c1-17(11-20-10-16(18)22-17)14-5-3-4-12(6-14)13-7-15(21-2)9-19-8-13/h3-9,16,20H,10-11,18H2,1-2H3. The minimum Gasteiger partial charge on any atom is -0.495 e. The van der Waals surface area contributed by atoms with Crippen molar-refractivity contribution in [1.82, 2.24) is 10.3 Å². The van der Waals surface area contributed by atoms with E-state index in [2.05, 4.69) is 35.4 Å². The first-order valence-corrected chi connectivity index (χ1v) is 7.35. The van der Waals surface area contributed by atoms with Crippen molar-refractivity contribution >= 4 is 0 Å². The molecule has 2 unspecified atom stereocenters. The van der Waals surface area contributed by atoms with Gasteiger partial charge in [0.15, 0.2) is 0 Å². The molecule has 5 heteroatoms. The summed E-state index contributed by atoms with van der Waals surface area (Å²) in [5.41, 5.74) is 8.67. The predicted octanol–water partition coefficient (Wildman–Crippen LogP) is 1.88. The Hall–Kier alpha value is -1.95. The number of pyridine rings is 1. The molecule has 0 bridgehead atoms. The summed E-state index contributed by atoms with van der Waals surface area (Å²) in [6.45, 7) is 3.47. The first kappa shape index (κ1) is 15.0. The van der Waals surface area contributed by atoms with Gasteiger partial charge in [-0.15, -0.1) is 0 Å². The molecule has 0 spiro atoms. The van der Waals surface area contributed by atoms with Crippen LogP contribution in [0.15, 0.2) is 42.7 Å². The van der Waals surface area contributed by atoms with Gasteiger partial charge < -0.3 is 20.5 Å². The highest BCUT2D eigenvalue weighted by Gasteiger charge is 2.33. The van der Waals surface area contributed by atoms with Crippen LogP contribution in [0.2, 0.25) is 0 Å². The summed E-state index contributed by atoms with van der Waals surface area (Å²) in [5, 5.41) is 3.32. The van der Waals surface area contributed by atoms with Gasteiger partial charge in [0.05, 0.1) is 13.3 Å². The highest BCUT2D eigenvalue weighted by Crippen LogP contribution is 2.31. The molecule has 116 valence electrons. The number of hydrogen-bond acceptors (Lipinski definition) is 5. The maximum absolute atomic E-state index is 5.97. The van der Waals surface area contributed by atoms with E-state index in [1.807, 2.05) is 18.3 Å². The minimum absolute atomic E-state index is 0.291. The highest BCUT2D eigenvalue weighted by molar-refractivity contribution is 5.65. The van der Waals surface area contributed by atoms with Gasteiger partial charge in [-0.25, -0.2) is 0 Å². The molecule has 1 aliphatic heterocycles. The van der Waals surface area contributed by atoms with Crippen molar-refractivity contribution in [3.63, 3.8) is 0 Å². The molecule has 0 radical (unpaired) electrons. The maximum Gasteiger partial charge on any atom is 0.137 e. The summed E-state index contributed by atoms with van der Waals surface area (Å²) in [6.07, 6.45) is 3.23. The quantitative estimate of drug-likeness (QED) is 0.905. The number of methoxy groups -OCH3 is 1. The van der Waals surface area contributed by atoms with Gasteiger partial charge in [-0.1, -0.05) is 18.2 Å². The molecule has 1 aliphatic rings. The van der Waals surface area contributed by atoms with Crippen LogP contribution in [0.3, 0.4) is 0 Å². The molecule has 2 heterocycles. The second kappa shape index (κ2) is 6.04. The van der Waals surface area contributed by atoms with E-state index in [0.29, 0.717) is 6.54 Å². The van der Waals surface area contributed by atoms with Gasteiger partial charge in [0.1, 0.15) is 17.6 Å². The molecule has 2 aromatic rings. The van der Waals surface area contributed by atoms with Crippen LogP contribution in [0.1, 0.15) is 12.5 Å². The van der Waals surface area contributed by atoms with Crippen molar-refractivity contribution in [3.05, 3.63) is 48.3 Å². The Morgan fingerprint density at radius 1 is 1.32 bits per heavy atom. The lowest BCUT2D eigenvalue weighted by molar-refractivity contribution is -0.107. The molecule has 22 heavy (non-hydrogen) atoms. The third kappa shape index (κ3) is 2.97. The summed E-state index contributed by atoms with van der Waals surface area (Å²) < 4.78 is 11.2. The van der Waals surface area contributed by atoms with Crippen LogP contribution in [0, 0.1) is 0 Å². The number of rotatable bonds is 3. The number of morpholine rings is 1. The van der Waals surface area contributed by atoms with Gasteiger partial charge in [-0.05, 0) is 30.2 Å². The lowest BCUT2D eigenvalue weighted by atomic mass is 9.91. The second-order valence-corrected chi connectivity index (χ2v) is 5.71. The fourth-order valence-electron chi connectivity index (χ4n) is 2.76. The van der Waals surface area contributed by atoms with E-state index >= 15 is 0 Å². The molecule has 5 nitrogen and oxygen atoms in total. The Morgan fingerprint density at radius 2 is 2.18 bits per heavy atom. The number of nitrogens with zero attached hydrogens (tertiary/aromatic N) is 1. The van der Waals surface area contributed by atoms with E-state index in [1.165, 1.54) is 0 Å². The average Bonchev–Trinajstić information content (AvgIpc) is 2.55. The van der Waals surface area contributed by atoms with Gasteiger partial charge in [-0.2, -0.15) is 0 Å². The van der Waals surface area contributed by atoms with E-state index in [4.69, 9.17) is 15.2 Å². The van der Waals surface area contributed by atoms with E-state index in [-0.39, 0.29) is 6.23 Å². The molecule has 0 saturated carbocycles. The van der Waals surface area contributed by atoms with Crippen LogP contribution in [0.5, 0.6) is 5.75 Å². The van der Waals surface area contributed by atoms with Crippen molar-refractivity contribution in [2.75, 3.05) is 20.2 Å². The predicted molar refractivity (Wildman–Crippen MR) is 85.5 cm³/mol. The van der Waals surface area contributed by atoms with Gasteiger partial charge in [0.25, 0.3) is 0 Å². The van der Waals surface area contributed by atoms with Gasteiger partial charge in [0, 0.05) is 24.8 Å². The van der Waals surface area contributed by atoms with Crippen LogP contribution in [0.25, 0.3) is 11.1 Å². The lowest BCUT2D eigenvalue weighted by Crippen LogP contribution is -2.53. The molecule has 0 amide bonds. The van der Waals surface area contributed by atoms with E-state index < -0.39 is 5.60 Å². The number of hydrogen-bond donors (Lipinski definition) is 2. The SMILES string of the molecule is COc1cncc(-c2cccc(C3(C)CNCC(N)O3)c2)c1. The zero-order chi connectivity index (χ0) is 15.6. The van der Waals surface area contributed by atoms with Crippen molar-refractivity contribution in [2.45, 2.75) is 18.8 Å². The van der Waals surface area contributed by atoms with Gasteiger partial charge in [-0.3, -0.25) is 4.98 Å². The molecule has 3 N–H and O–H groups in total. The Kier molecular flexibility index (Phi) is 4.11. The third-order valence-electron chi connectivity index (χ3n) is 3.97. The second-order valence-electron chi connectivity index (χ2n) is 5.71. The highest BCUT2D eigenvalue weighted by atomic mass is 16.5. The number of benzene rings is 1. The summed E-state index contributed by atoms with van der Waals surface area (Å²) in [4.78, 5) is 4.21. The van der Waals surface area contributed by atoms with E-state index in [1.54, 1.807) is 13.3 Å². The largest absolute Gasteiger partial charge is 0.495 e. The Balaban J connectivity index is 1.95. The zero-order valence-electron chi connectivity index (χ0n) is 12.9. The normalized spacial score (nSPS) is 25.0. The molecule has 3 rings (SSSR count). The smallest absolute Gasteiger partial charge is 0.137 e. The molecule has 1 aromatic carbocycles. The molecule has 1 saturated heterocycles. The van der Waals surface area contributed by atoms with Crippen LogP contribution >= 0.6 is 0 Å². The van der Waals surface area contributed by atoms with E-state index in [0.717, 1.165) is 29.0 Å².